The average Bonchev–Trinajstić information content (AvgIpc) is 2.76. The summed E-state index contributed by atoms with van der Waals surface area (Å²) in [5, 5.41) is 0. The molecule has 0 bridgehead atoms. The Kier molecular flexibility index (Phi) is 4.53. The highest BCUT2D eigenvalue weighted by Crippen LogP contribution is 2.21. The second-order valence-corrected chi connectivity index (χ2v) is 5.18. The third-order valence-corrected chi connectivity index (χ3v) is 3.64. The van der Waals surface area contributed by atoms with E-state index >= 15 is 0 Å². The molecule has 2 heterocycles. The van der Waals surface area contributed by atoms with E-state index in [1.165, 1.54) is 25.9 Å². The maximum Gasteiger partial charge on any atom is 0.194 e. The van der Waals surface area contributed by atoms with Gasteiger partial charge in [0.1, 0.15) is 11.5 Å². The summed E-state index contributed by atoms with van der Waals surface area (Å²) in [5.41, 5.74) is 0. The van der Waals surface area contributed by atoms with Crippen molar-refractivity contribution in [2.45, 2.75) is 39.5 Å². The van der Waals surface area contributed by atoms with Crippen LogP contribution < -0.4 is 0 Å². The number of nitrogens with zero attached hydrogens (tertiary/aromatic N) is 2. The van der Waals surface area contributed by atoms with Gasteiger partial charge in [-0.2, -0.15) is 0 Å². The second-order valence-electron chi connectivity index (χ2n) is 5.18. The van der Waals surface area contributed by atoms with Gasteiger partial charge in [-0.25, -0.2) is 4.98 Å². The Labute approximate surface area is 108 Å². The fraction of sp³-hybridized carbons (Fsp3) is 0.714. The SMILES string of the molecule is CCN1CCC(Cc2ncc(CC(C)=O)o2)CC1. The van der Waals surface area contributed by atoms with E-state index in [1.807, 2.05) is 0 Å². The van der Waals surface area contributed by atoms with Crippen molar-refractivity contribution in [1.82, 2.24) is 9.88 Å². The molecule has 1 aromatic heterocycles. The summed E-state index contributed by atoms with van der Waals surface area (Å²) in [7, 11) is 0. The van der Waals surface area contributed by atoms with Crippen molar-refractivity contribution >= 4 is 5.78 Å². The lowest BCUT2D eigenvalue weighted by molar-refractivity contribution is -0.116. The predicted octanol–water partition coefficient (Wildman–Crippen LogP) is 2.08. The summed E-state index contributed by atoms with van der Waals surface area (Å²) in [6, 6.07) is 0. The van der Waals surface area contributed by atoms with Gasteiger partial charge in [-0.15, -0.1) is 0 Å². The second kappa shape index (κ2) is 6.14. The number of Topliss-reactive ketones (excluding diaryl/α,β-unsaturated/α-hetero) is 1. The third-order valence-electron chi connectivity index (χ3n) is 3.64. The van der Waals surface area contributed by atoms with Gasteiger partial charge in [0, 0.05) is 6.42 Å². The molecule has 1 saturated heterocycles. The van der Waals surface area contributed by atoms with Crippen LogP contribution in [-0.2, 0) is 17.6 Å². The molecule has 1 aliphatic heterocycles. The Morgan fingerprint density at radius 2 is 2.22 bits per heavy atom. The molecule has 0 aliphatic carbocycles. The Balaban J connectivity index is 1.83. The lowest BCUT2D eigenvalue weighted by Crippen LogP contribution is -2.34. The minimum atomic E-state index is 0.119. The maximum atomic E-state index is 11.0. The topological polar surface area (TPSA) is 46.3 Å². The van der Waals surface area contributed by atoms with Gasteiger partial charge in [-0.3, -0.25) is 4.79 Å². The van der Waals surface area contributed by atoms with E-state index in [4.69, 9.17) is 4.42 Å². The van der Waals surface area contributed by atoms with E-state index in [2.05, 4.69) is 16.8 Å². The molecule has 2 rings (SSSR count). The number of rotatable bonds is 5. The molecular formula is C14H22N2O2. The third kappa shape index (κ3) is 3.67. The number of ketones is 1. The molecule has 0 aromatic carbocycles. The molecule has 0 unspecified atom stereocenters. The van der Waals surface area contributed by atoms with Crippen LogP contribution in [-0.4, -0.2) is 35.3 Å². The van der Waals surface area contributed by atoms with Crippen LogP contribution in [0.2, 0.25) is 0 Å². The summed E-state index contributed by atoms with van der Waals surface area (Å²) in [6.45, 7) is 7.30. The number of hydrogen-bond acceptors (Lipinski definition) is 4. The van der Waals surface area contributed by atoms with E-state index in [9.17, 15) is 4.79 Å². The number of oxazole rings is 1. The molecule has 1 aliphatic rings. The lowest BCUT2D eigenvalue weighted by Gasteiger charge is -2.30. The van der Waals surface area contributed by atoms with Gasteiger partial charge in [0.2, 0.25) is 0 Å². The zero-order valence-corrected chi connectivity index (χ0v) is 11.3. The first-order chi connectivity index (χ1) is 8.67. The highest BCUT2D eigenvalue weighted by Gasteiger charge is 2.20. The van der Waals surface area contributed by atoms with Crippen LogP contribution >= 0.6 is 0 Å². The maximum absolute atomic E-state index is 11.0. The van der Waals surface area contributed by atoms with E-state index in [0.29, 0.717) is 18.1 Å². The monoisotopic (exact) mass is 250 g/mol. The quantitative estimate of drug-likeness (QED) is 0.802. The van der Waals surface area contributed by atoms with Crippen molar-refractivity contribution in [3.8, 4) is 0 Å². The van der Waals surface area contributed by atoms with Gasteiger partial charge in [0.15, 0.2) is 5.89 Å². The number of hydrogen-bond donors (Lipinski definition) is 0. The van der Waals surface area contributed by atoms with Gasteiger partial charge in [-0.05, 0) is 45.3 Å². The Morgan fingerprint density at radius 3 is 2.83 bits per heavy atom. The summed E-state index contributed by atoms with van der Waals surface area (Å²) >= 11 is 0. The molecule has 0 saturated carbocycles. The Morgan fingerprint density at radius 1 is 1.50 bits per heavy atom. The zero-order valence-electron chi connectivity index (χ0n) is 11.3. The first kappa shape index (κ1) is 13.3. The van der Waals surface area contributed by atoms with Crippen molar-refractivity contribution in [1.29, 1.82) is 0 Å². The van der Waals surface area contributed by atoms with Crippen LogP contribution in [0.4, 0.5) is 0 Å². The van der Waals surface area contributed by atoms with Crippen LogP contribution in [0.25, 0.3) is 0 Å². The fourth-order valence-electron chi connectivity index (χ4n) is 2.52. The minimum Gasteiger partial charge on any atom is -0.445 e. The molecule has 1 aromatic rings. The average molecular weight is 250 g/mol. The van der Waals surface area contributed by atoms with E-state index in [1.54, 1.807) is 13.1 Å². The molecule has 100 valence electrons. The molecule has 0 N–H and O–H groups in total. The molecule has 1 fully saturated rings. The highest BCUT2D eigenvalue weighted by molar-refractivity contribution is 5.77. The summed E-state index contributed by atoms with van der Waals surface area (Å²) in [5.74, 6) is 2.29. The minimum absolute atomic E-state index is 0.119. The molecule has 4 heteroatoms. The van der Waals surface area contributed by atoms with Crippen LogP contribution in [0, 0.1) is 5.92 Å². The predicted molar refractivity (Wildman–Crippen MR) is 69.4 cm³/mol. The first-order valence-corrected chi connectivity index (χ1v) is 6.82. The van der Waals surface area contributed by atoms with Crippen LogP contribution in [0.5, 0.6) is 0 Å². The summed E-state index contributed by atoms with van der Waals surface area (Å²) < 4.78 is 5.60. The van der Waals surface area contributed by atoms with Gasteiger partial charge in [0.25, 0.3) is 0 Å². The van der Waals surface area contributed by atoms with E-state index in [-0.39, 0.29) is 5.78 Å². The highest BCUT2D eigenvalue weighted by atomic mass is 16.4. The van der Waals surface area contributed by atoms with Gasteiger partial charge in [0.05, 0.1) is 12.6 Å². The van der Waals surface area contributed by atoms with Crippen molar-refractivity contribution in [2.75, 3.05) is 19.6 Å². The number of piperidine rings is 1. The molecule has 18 heavy (non-hydrogen) atoms. The normalized spacial score (nSPS) is 18.1. The molecule has 0 atom stereocenters. The molecular weight excluding hydrogens is 228 g/mol. The standard InChI is InChI=1S/C14H22N2O2/c1-3-16-6-4-12(5-7-16)9-14-15-10-13(18-14)8-11(2)17/h10,12H,3-9H2,1-2H3. The molecule has 0 spiro atoms. The van der Waals surface area contributed by atoms with Crippen molar-refractivity contribution in [2.24, 2.45) is 5.92 Å². The molecule has 0 amide bonds. The van der Waals surface area contributed by atoms with E-state index < -0.39 is 0 Å². The van der Waals surface area contributed by atoms with E-state index in [0.717, 1.165) is 18.9 Å². The van der Waals surface area contributed by atoms with Gasteiger partial charge >= 0.3 is 0 Å². The summed E-state index contributed by atoms with van der Waals surface area (Å²) in [6.07, 6.45) is 5.41. The molecule has 4 nitrogen and oxygen atoms in total. The van der Waals surface area contributed by atoms with Crippen LogP contribution in [0.15, 0.2) is 10.6 Å². The van der Waals surface area contributed by atoms with Crippen LogP contribution in [0.3, 0.4) is 0 Å². The van der Waals surface area contributed by atoms with Crippen LogP contribution in [0.1, 0.15) is 38.3 Å². The van der Waals surface area contributed by atoms with Crippen molar-refractivity contribution in [3.05, 3.63) is 17.8 Å². The Hall–Kier alpha value is -1.16. The number of aromatic nitrogens is 1. The fourth-order valence-corrected chi connectivity index (χ4v) is 2.52. The molecule has 0 radical (unpaired) electrons. The van der Waals surface area contributed by atoms with Crippen molar-refractivity contribution < 1.29 is 9.21 Å². The number of likely N-dealkylation sites (tertiary alicyclic amines) is 1. The van der Waals surface area contributed by atoms with Gasteiger partial charge < -0.3 is 9.32 Å². The zero-order chi connectivity index (χ0) is 13.0. The smallest absolute Gasteiger partial charge is 0.194 e. The van der Waals surface area contributed by atoms with Gasteiger partial charge in [-0.1, -0.05) is 6.92 Å². The Bertz CT molecular complexity index is 392. The largest absolute Gasteiger partial charge is 0.445 e. The first-order valence-electron chi connectivity index (χ1n) is 6.82. The number of carbonyl (C=O) groups is 1. The number of carbonyl (C=O) groups excluding carboxylic acids is 1. The van der Waals surface area contributed by atoms with Crippen molar-refractivity contribution in [3.63, 3.8) is 0 Å². The summed E-state index contributed by atoms with van der Waals surface area (Å²) in [4.78, 5) is 17.7. The lowest BCUT2D eigenvalue weighted by atomic mass is 9.93.